The van der Waals surface area contributed by atoms with Crippen LogP contribution in [0.5, 0.6) is 0 Å². The number of oxazole rings is 1. The Balaban J connectivity index is 1.92. The van der Waals surface area contributed by atoms with Gasteiger partial charge in [0, 0.05) is 17.8 Å². The highest BCUT2D eigenvalue weighted by Crippen LogP contribution is 2.32. The van der Waals surface area contributed by atoms with Crippen LogP contribution in [0.25, 0.3) is 22.4 Å². The summed E-state index contributed by atoms with van der Waals surface area (Å²) in [6.07, 6.45) is 3.41. The number of aromatic nitrogens is 3. The van der Waals surface area contributed by atoms with Crippen LogP contribution in [-0.2, 0) is 13.0 Å². The lowest BCUT2D eigenvalue weighted by molar-refractivity contribution is 0.525. The van der Waals surface area contributed by atoms with Gasteiger partial charge < -0.3 is 8.98 Å². The van der Waals surface area contributed by atoms with Crippen LogP contribution in [0.15, 0.2) is 32.1 Å². The Kier molecular flexibility index (Phi) is 2.60. The Morgan fingerprint density at radius 3 is 3.15 bits per heavy atom. The van der Waals surface area contributed by atoms with Crippen molar-refractivity contribution in [2.45, 2.75) is 25.8 Å². The molecule has 0 amide bonds. The maximum absolute atomic E-state index is 11.2. The zero-order valence-electron chi connectivity index (χ0n) is 10.6. The molecule has 6 heteroatoms. The third-order valence-corrected chi connectivity index (χ3v) is 4.37. The number of benzene rings is 1. The molecule has 20 heavy (non-hydrogen) atoms. The zero-order chi connectivity index (χ0) is 13.7. The summed E-state index contributed by atoms with van der Waals surface area (Å²) in [4.78, 5) is 18.5. The molecule has 1 aliphatic rings. The quantitative estimate of drug-likeness (QED) is 0.744. The minimum absolute atomic E-state index is 0.426. The SMILES string of the molecule is O=c1[nH]c2ccc(-c3nc(Br)n4c3CCCC4)cc2o1. The van der Waals surface area contributed by atoms with E-state index in [4.69, 9.17) is 4.42 Å². The average Bonchev–Trinajstić information content (AvgIpc) is 2.98. The topological polar surface area (TPSA) is 63.8 Å². The highest BCUT2D eigenvalue weighted by Gasteiger charge is 2.20. The number of aromatic amines is 1. The van der Waals surface area contributed by atoms with E-state index in [-0.39, 0.29) is 0 Å². The molecule has 0 radical (unpaired) electrons. The van der Waals surface area contributed by atoms with Gasteiger partial charge in [-0.05, 0) is 47.3 Å². The van der Waals surface area contributed by atoms with Crippen LogP contribution in [0.2, 0.25) is 0 Å². The molecule has 0 atom stereocenters. The maximum Gasteiger partial charge on any atom is 0.417 e. The van der Waals surface area contributed by atoms with Gasteiger partial charge in [0.05, 0.1) is 11.2 Å². The van der Waals surface area contributed by atoms with Gasteiger partial charge in [0.15, 0.2) is 10.3 Å². The molecular formula is C14H12BrN3O2. The van der Waals surface area contributed by atoms with E-state index in [2.05, 4.69) is 30.5 Å². The summed E-state index contributed by atoms with van der Waals surface area (Å²) in [5.74, 6) is -0.426. The van der Waals surface area contributed by atoms with E-state index in [1.807, 2.05) is 18.2 Å². The number of fused-ring (bicyclic) bond motifs is 2. The molecule has 0 saturated heterocycles. The summed E-state index contributed by atoms with van der Waals surface area (Å²) in [6, 6.07) is 5.70. The van der Waals surface area contributed by atoms with Gasteiger partial charge in [0.1, 0.15) is 0 Å². The van der Waals surface area contributed by atoms with Crippen molar-refractivity contribution >= 4 is 27.0 Å². The van der Waals surface area contributed by atoms with E-state index in [0.29, 0.717) is 11.1 Å². The van der Waals surface area contributed by atoms with Gasteiger partial charge in [0.2, 0.25) is 0 Å². The summed E-state index contributed by atoms with van der Waals surface area (Å²) in [5.41, 5.74) is 4.49. The first-order valence-electron chi connectivity index (χ1n) is 6.60. The first-order valence-corrected chi connectivity index (χ1v) is 7.40. The Labute approximate surface area is 122 Å². The molecule has 1 aliphatic heterocycles. The standard InChI is InChI=1S/C14H12BrN3O2/c15-13-17-12(10-3-1-2-6-18(10)13)8-4-5-9-11(7-8)20-14(19)16-9/h4-5,7H,1-3,6H2,(H,16,19). The molecule has 102 valence electrons. The van der Waals surface area contributed by atoms with Crippen molar-refractivity contribution in [3.63, 3.8) is 0 Å². The van der Waals surface area contributed by atoms with Crippen LogP contribution in [-0.4, -0.2) is 14.5 Å². The van der Waals surface area contributed by atoms with Gasteiger partial charge in [-0.2, -0.15) is 0 Å². The number of hydrogen-bond acceptors (Lipinski definition) is 3. The number of nitrogens with one attached hydrogen (secondary N) is 1. The van der Waals surface area contributed by atoms with Crippen molar-refractivity contribution in [1.82, 2.24) is 14.5 Å². The Morgan fingerprint density at radius 2 is 2.25 bits per heavy atom. The molecule has 1 N–H and O–H groups in total. The fraction of sp³-hybridized carbons (Fsp3) is 0.286. The normalized spacial score (nSPS) is 14.7. The second-order valence-corrected chi connectivity index (χ2v) is 5.72. The molecule has 0 spiro atoms. The van der Waals surface area contributed by atoms with Crippen molar-refractivity contribution in [2.24, 2.45) is 0 Å². The predicted octanol–water partition coefficient (Wildman–Crippen LogP) is 3.08. The van der Waals surface area contributed by atoms with Gasteiger partial charge in [-0.15, -0.1) is 0 Å². The Hall–Kier alpha value is -1.82. The number of hydrogen-bond donors (Lipinski definition) is 1. The fourth-order valence-electron chi connectivity index (χ4n) is 2.82. The monoisotopic (exact) mass is 333 g/mol. The molecule has 3 aromatic rings. The lowest BCUT2D eigenvalue weighted by Crippen LogP contribution is -2.10. The van der Waals surface area contributed by atoms with E-state index in [1.165, 1.54) is 18.5 Å². The largest absolute Gasteiger partial charge is 0.417 e. The van der Waals surface area contributed by atoms with Crippen LogP contribution in [0.1, 0.15) is 18.5 Å². The van der Waals surface area contributed by atoms with Gasteiger partial charge in [-0.25, -0.2) is 9.78 Å². The van der Waals surface area contributed by atoms with Gasteiger partial charge in [-0.3, -0.25) is 4.98 Å². The molecule has 0 fully saturated rings. The molecule has 2 aromatic heterocycles. The summed E-state index contributed by atoms with van der Waals surface area (Å²) in [6.45, 7) is 1.00. The number of rotatable bonds is 1. The van der Waals surface area contributed by atoms with Crippen LogP contribution < -0.4 is 5.76 Å². The molecule has 4 rings (SSSR count). The van der Waals surface area contributed by atoms with Crippen molar-refractivity contribution in [1.29, 1.82) is 0 Å². The van der Waals surface area contributed by atoms with E-state index in [1.54, 1.807) is 0 Å². The van der Waals surface area contributed by atoms with E-state index in [9.17, 15) is 4.79 Å². The molecule has 0 saturated carbocycles. The van der Waals surface area contributed by atoms with Gasteiger partial charge in [-0.1, -0.05) is 6.07 Å². The van der Waals surface area contributed by atoms with E-state index < -0.39 is 5.76 Å². The molecule has 3 heterocycles. The first kappa shape index (κ1) is 12.0. The fourth-order valence-corrected chi connectivity index (χ4v) is 3.39. The minimum Gasteiger partial charge on any atom is -0.408 e. The molecule has 1 aromatic carbocycles. The zero-order valence-corrected chi connectivity index (χ0v) is 12.2. The summed E-state index contributed by atoms with van der Waals surface area (Å²) < 4.78 is 8.22. The molecular weight excluding hydrogens is 322 g/mol. The second-order valence-electron chi connectivity index (χ2n) is 5.01. The third kappa shape index (κ3) is 1.75. The van der Waals surface area contributed by atoms with Crippen LogP contribution in [0, 0.1) is 0 Å². The molecule has 0 aliphatic carbocycles. The number of imidazole rings is 1. The minimum atomic E-state index is -0.426. The maximum atomic E-state index is 11.2. The lowest BCUT2D eigenvalue weighted by Gasteiger charge is -2.15. The Morgan fingerprint density at radius 1 is 1.35 bits per heavy atom. The second kappa shape index (κ2) is 4.34. The molecule has 0 unspecified atom stereocenters. The number of H-pyrrole nitrogens is 1. The van der Waals surface area contributed by atoms with Crippen molar-refractivity contribution in [3.8, 4) is 11.3 Å². The van der Waals surface area contributed by atoms with Gasteiger partial charge in [0.25, 0.3) is 0 Å². The first-order chi connectivity index (χ1) is 9.72. The van der Waals surface area contributed by atoms with Crippen LogP contribution >= 0.6 is 15.9 Å². The van der Waals surface area contributed by atoms with E-state index >= 15 is 0 Å². The van der Waals surface area contributed by atoms with Crippen molar-refractivity contribution in [2.75, 3.05) is 0 Å². The highest BCUT2D eigenvalue weighted by molar-refractivity contribution is 9.10. The van der Waals surface area contributed by atoms with E-state index in [0.717, 1.165) is 29.0 Å². The summed E-state index contributed by atoms with van der Waals surface area (Å²) in [7, 11) is 0. The highest BCUT2D eigenvalue weighted by atomic mass is 79.9. The Bertz CT molecular complexity index is 859. The molecule has 0 bridgehead atoms. The summed E-state index contributed by atoms with van der Waals surface area (Å²) in [5, 5.41) is 0. The average molecular weight is 334 g/mol. The number of nitrogens with zero attached hydrogens (tertiary/aromatic N) is 2. The lowest BCUT2D eigenvalue weighted by atomic mass is 10.0. The predicted molar refractivity (Wildman–Crippen MR) is 78.7 cm³/mol. The number of halogens is 1. The van der Waals surface area contributed by atoms with Gasteiger partial charge >= 0.3 is 5.76 Å². The third-order valence-electron chi connectivity index (χ3n) is 3.77. The smallest absolute Gasteiger partial charge is 0.408 e. The van der Waals surface area contributed by atoms with Crippen LogP contribution in [0.4, 0.5) is 0 Å². The molecule has 5 nitrogen and oxygen atoms in total. The van der Waals surface area contributed by atoms with Crippen molar-refractivity contribution in [3.05, 3.63) is 39.2 Å². The van der Waals surface area contributed by atoms with Crippen molar-refractivity contribution < 1.29 is 4.42 Å². The van der Waals surface area contributed by atoms with Crippen LogP contribution in [0.3, 0.4) is 0 Å². The summed E-state index contributed by atoms with van der Waals surface area (Å²) >= 11 is 3.53.